The number of sulfonamides is 1. The molecule has 1 atom stereocenters. The van der Waals surface area contributed by atoms with Gasteiger partial charge in [-0.05, 0) is 80.3 Å². The molecular formula is C24H29N3O5S. The van der Waals surface area contributed by atoms with Crippen molar-refractivity contribution in [1.29, 1.82) is 0 Å². The monoisotopic (exact) mass is 471 g/mol. The van der Waals surface area contributed by atoms with E-state index >= 15 is 0 Å². The van der Waals surface area contributed by atoms with Crippen molar-refractivity contribution in [2.75, 3.05) is 18.4 Å². The summed E-state index contributed by atoms with van der Waals surface area (Å²) < 4.78 is 29.3. The molecule has 1 fully saturated rings. The molecular weight excluding hydrogens is 442 g/mol. The lowest BCUT2D eigenvalue weighted by Crippen LogP contribution is -2.49. The molecule has 1 heterocycles. The van der Waals surface area contributed by atoms with E-state index in [1.165, 1.54) is 4.90 Å². The van der Waals surface area contributed by atoms with Crippen LogP contribution >= 0.6 is 0 Å². The van der Waals surface area contributed by atoms with Crippen molar-refractivity contribution in [2.24, 2.45) is 0 Å². The van der Waals surface area contributed by atoms with E-state index in [9.17, 15) is 23.1 Å². The number of fused-ring (bicyclic) bond motifs is 1. The quantitative estimate of drug-likeness (QED) is 0.617. The number of carbonyl (C=O) groups excluding carboxylic acids is 1. The predicted octanol–water partition coefficient (Wildman–Crippen LogP) is 3.55. The van der Waals surface area contributed by atoms with Gasteiger partial charge in [0.1, 0.15) is 0 Å². The maximum atomic E-state index is 13.3. The van der Waals surface area contributed by atoms with E-state index in [1.54, 1.807) is 18.2 Å². The van der Waals surface area contributed by atoms with Crippen molar-refractivity contribution in [2.45, 2.75) is 56.4 Å². The number of benzene rings is 2. The number of amides is 2. The van der Waals surface area contributed by atoms with Gasteiger partial charge in [0.05, 0.1) is 4.90 Å². The average molecular weight is 472 g/mol. The molecule has 0 spiro atoms. The van der Waals surface area contributed by atoms with E-state index in [-0.39, 0.29) is 17.3 Å². The van der Waals surface area contributed by atoms with Crippen LogP contribution in [0.1, 0.15) is 52.7 Å². The molecule has 9 heteroatoms. The third kappa shape index (κ3) is 5.04. The molecule has 1 aliphatic heterocycles. The second kappa shape index (κ2) is 9.52. The van der Waals surface area contributed by atoms with Crippen LogP contribution in [0.15, 0.2) is 41.3 Å². The number of anilines is 1. The Morgan fingerprint density at radius 3 is 2.48 bits per heavy atom. The van der Waals surface area contributed by atoms with E-state index < -0.39 is 22.2 Å². The van der Waals surface area contributed by atoms with Crippen LogP contribution in [-0.4, -0.2) is 49.6 Å². The third-order valence-electron chi connectivity index (χ3n) is 6.43. The fourth-order valence-electron chi connectivity index (χ4n) is 4.75. The van der Waals surface area contributed by atoms with Crippen molar-refractivity contribution in [3.8, 4) is 0 Å². The van der Waals surface area contributed by atoms with Gasteiger partial charge in [-0.2, -0.15) is 0 Å². The van der Waals surface area contributed by atoms with Gasteiger partial charge in [-0.1, -0.05) is 18.2 Å². The van der Waals surface area contributed by atoms with Gasteiger partial charge < -0.3 is 15.3 Å². The first-order valence-corrected chi connectivity index (χ1v) is 12.8. The molecule has 0 saturated carbocycles. The summed E-state index contributed by atoms with van der Waals surface area (Å²) in [4.78, 5) is 25.6. The normalized spacial score (nSPS) is 18.5. The average Bonchev–Trinajstić information content (AvgIpc) is 2.79. The van der Waals surface area contributed by atoms with E-state index in [2.05, 4.69) is 10.0 Å². The minimum absolute atomic E-state index is 0.140. The minimum Gasteiger partial charge on any atom is -0.465 e. The van der Waals surface area contributed by atoms with E-state index in [0.29, 0.717) is 43.5 Å². The largest absolute Gasteiger partial charge is 0.465 e. The smallest absolute Gasteiger partial charge is 0.407 e. The van der Waals surface area contributed by atoms with Gasteiger partial charge in [0.2, 0.25) is 10.0 Å². The molecule has 33 heavy (non-hydrogen) atoms. The molecule has 8 nitrogen and oxygen atoms in total. The van der Waals surface area contributed by atoms with Gasteiger partial charge in [0.15, 0.2) is 0 Å². The summed E-state index contributed by atoms with van der Waals surface area (Å²) in [6.07, 6.45) is 3.28. The highest BCUT2D eigenvalue weighted by molar-refractivity contribution is 7.89. The van der Waals surface area contributed by atoms with Gasteiger partial charge in [-0.15, -0.1) is 0 Å². The number of nitrogens with one attached hydrogen (secondary N) is 2. The Morgan fingerprint density at radius 2 is 1.76 bits per heavy atom. The molecule has 2 amide bonds. The molecule has 4 rings (SSSR count). The highest BCUT2D eigenvalue weighted by Crippen LogP contribution is 2.33. The van der Waals surface area contributed by atoms with E-state index in [4.69, 9.17) is 0 Å². The zero-order valence-corrected chi connectivity index (χ0v) is 19.5. The number of rotatable bonds is 5. The first-order chi connectivity index (χ1) is 15.8. The lowest BCUT2D eigenvalue weighted by Gasteiger charge is -2.31. The summed E-state index contributed by atoms with van der Waals surface area (Å²) in [5.74, 6) is -0.217. The predicted molar refractivity (Wildman–Crippen MR) is 125 cm³/mol. The summed E-state index contributed by atoms with van der Waals surface area (Å²) in [5, 5.41) is 12.2. The van der Waals surface area contributed by atoms with Gasteiger partial charge >= 0.3 is 6.09 Å². The van der Waals surface area contributed by atoms with Gasteiger partial charge in [0.25, 0.3) is 5.91 Å². The van der Waals surface area contributed by atoms with Crippen LogP contribution in [0.5, 0.6) is 0 Å². The molecule has 176 valence electrons. The summed E-state index contributed by atoms with van der Waals surface area (Å²) in [6.45, 7) is 2.43. The van der Waals surface area contributed by atoms with Crippen molar-refractivity contribution in [3.63, 3.8) is 0 Å². The van der Waals surface area contributed by atoms with E-state index in [1.807, 2.05) is 25.1 Å². The van der Waals surface area contributed by atoms with Crippen LogP contribution in [0.4, 0.5) is 10.5 Å². The molecule has 2 aromatic carbocycles. The fourth-order valence-corrected chi connectivity index (χ4v) is 6.31. The number of piperidine rings is 1. The molecule has 1 unspecified atom stereocenters. The first kappa shape index (κ1) is 23.3. The zero-order valence-electron chi connectivity index (χ0n) is 18.6. The number of carboxylic acid groups (broad SMARTS) is 1. The van der Waals surface area contributed by atoms with Crippen LogP contribution in [0.3, 0.4) is 0 Å². The molecule has 0 aromatic heterocycles. The Labute approximate surface area is 194 Å². The van der Waals surface area contributed by atoms with Gasteiger partial charge in [-0.3, -0.25) is 4.79 Å². The molecule has 2 aliphatic rings. The maximum Gasteiger partial charge on any atom is 0.407 e. The molecule has 1 aliphatic carbocycles. The van der Waals surface area contributed by atoms with Crippen molar-refractivity contribution in [3.05, 3.63) is 58.7 Å². The van der Waals surface area contributed by atoms with Crippen LogP contribution in [0.2, 0.25) is 0 Å². The highest BCUT2D eigenvalue weighted by atomic mass is 32.2. The standard InChI is InChI=1S/C24H29N3O5S/c1-16-7-2-3-9-18(16)23(28)25-21-12-13-22(20-11-5-4-10-19(20)21)33(31,32)26-17-8-6-14-27(15-17)24(29)30/h2-3,7,9,12-13,17,26H,4-6,8,10-11,14-15H2,1H3,(H,25,28)(H,29,30). The SMILES string of the molecule is Cc1ccccc1C(=O)Nc1ccc(S(=O)(=O)NC2CCCN(C(=O)O)C2)c2c1CCCC2. The Bertz CT molecular complexity index is 1180. The summed E-state index contributed by atoms with van der Waals surface area (Å²) in [5.41, 5.74) is 3.70. The number of aryl methyl sites for hydroxylation is 1. The number of likely N-dealkylation sites (tertiary alicyclic amines) is 1. The minimum atomic E-state index is -3.84. The van der Waals surface area contributed by atoms with Crippen LogP contribution in [0, 0.1) is 6.92 Å². The number of hydrogen-bond acceptors (Lipinski definition) is 4. The van der Waals surface area contributed by atoms with Gasteiger partial charge in [0, 0.05) is 30.4 Å². The lowest BCUT2D eigenvalue weighted by molar-refractivity contribution is 0.102. The second-order valence-corrected chi connectivity index (χ2v) is 10.4. The van der Waals surface area contributed by atoms with Crippen LogP contribution in [-0.2, 0) is 22.9 Å². The van der Waals surface area contributed by atoms with E-state index in [0.717, 1.165) is 29.5 Å². The van der Waals surface area contributed by atoms with Crippen LogP contribution < -0.4 is 10.0 Å². The molecule has 3 N–H and O–H groups in total. The third-order valence-corrected chi connectivity index (χ3v) is 8.04. The van der Waals surface area contributed by atoms with Crippen molar-refractivity contribution in [1.82, 2.24) is 9.62 Å². The lowest BCUT2D eigenvalue weighted by atomic mass is 9.90. The van der Waals surface area contributed by atoms with Crippen LogP contribution in [0.25, 0.3) is 0 Å². The first-order valence-electron chi connectivity index (χ1n) is 11.3. The maximum absolute atomic E-state index is 13.3. The zero-order chi connectivity index (χ0) is 23.6. The Kier molecular flexibility index (Phi) is 6.71. The summed E-state index contributed by atoms with van der Waals surface area (Å²) in [7, 11) is -3.84. The molecule has 0 radical (unpaired) electrons. The summed E-state index contributed by atoms with van der Waals surface area (Å²) in [6, 6.07) is 10.1. The second-order valence-electron chi connectivity index (χ2n) is 8.73. The highest BCUT2D eigenvalue weighted by Gasteiger charge is 2.30. The molecule has 1 saturated heterocycles. The topological polar surface area (TPSA) is 116 Å². The number of hydrogen-bond donors (Lipinski definition) is 3. The molecule has 0 bridgehead atoms. The Hall–Kier alpha value is -2.91. The number of nitrogens with zero attached hydrogens (tertiary/aromatic N) is 1. The molecule has 2 aromatic rings. The Morgan fingerprint density at radius 1 is 1.03 bits per heavy atom. The van der Waals surface area contributed by atoms with Crippen molar-refractivity contribution >= 4 is 27.7 Å². The number of carbonyl (C=O) groups is 2. The summed E-state index contributed by atoms with van der Waals surface area (Å²) >= 11 is 0. The van der Waals surface area contributed by atoms with Crippen molar-refractivity contribution < 1.29 is 23.1 Å². The Balaban J connectivity index is 1.60. The van der Waals surface area contributed by atoms with Gasteiger partial charge in [-0.25, -0.2) is 17.9 Å². The fraction of sp³-hybridized carbons (Fsp3) is 0.417.